The number of primary amides is 3. The SMILES string of the molecule is CC[C@H](C)[C@@H]1NC(=O)[C@H](Cc2ccc(N)cc2)NC(=O)CNC(=O)CC[C@@H](C(=O)N2CCC[C@H]2C(=O)N[C@@H](CC(C)C)C(=O)NCC(N)=O)NC(=O)[C@H](CC(N)=O)NC(=O)[C@H](CCC(N)=O)NC1=O. The lowest BCUT2D eigenvalue weighted by molar-refractivity contribution is -0.143. The van der Waals surface area contributed by atoms with Crippen molar-refractivity contribution in [1.29, 1.82) is 0 Å². The third-order valence-electron chi connectivity index (χ3n) is 11.6. The first-order valence-electron chi connectivity index (χ1n) is 22.8. The van der Waals surface area contributed by atoms with E-state index in [2.05, 4.69) is 42.5 Å². The lowest BCUT2D eigenvalue weighted by Crippen LogP contribution is -2.61. The number of nitrogens with two attached hydrogens (primary N) is 4. The monoisotopic (exact) mass is 970 g/mol. The molecular weight excluding hydrogens is 903 g/mol. The molecule has 3 rings (SSSR count). The van der Waals surface area contributed by atoms with E-state index in [0.29, 0.717) is 24.1 Å². The maximum atomic E-state index is 14.5. The van der Waals surface area contributed by atoms with E-state index in [1.165, 1.54) is 0 Å². The van der Waals surface area contributed by atoms with Gasteiger partial charge in [0.15, 0.2) is 0 Å². The van der Waals surface area contributed by atoms with Gasteiger partial charge in [0.05, 0.1) is 19.5 Å². The van der Waals surface area contributed by atoms with Crippen molar-refractivity contribution in [3.05, 3.63) is 29.8 Å². The number of anilines is 1. The Morgan fingerprint density at radius 3 is 2.00 bits per heavy atom. The quantitative estimate of drug-likeness (QED) is 0.0656. The number of carbonyl (C=O) groups is 12. The maximum Gasteiger partial charge on any atom is 0.245 e. The molecule has 380 valence electrons. The zero-order valence-corrected chi connectivity index (χ0v) is 39.4. The van der Waals surface area contributed by atoms with Crippen LogP contribution in [0, 0.1) is 11.8 Å². The smallest absolute Gasteiger partial charge is 0.245 e. The highest BCUT2D eigenvalue weighted by atomic mass is 16.2. The lowest BCUT2D eigenvalue weighted by atomic mass is 9.96. The molecule has 69 heavy (non-hydrogen) atoms. The van der Waals surface area contributed by atoms with Crippen molar-refractivity contribution in [2.24, 2.45) is 29.0 Å². The molecule has 16 N–H and O–H groups in total. The van der Waals surface area contributed by atoms with Gasteiger partial charge in [-0.15, -0.1) is 0 Å². The highest BCUT2D eigenvalue weighted by molar-refractivity contribution is 5.99. The van der Waals surface area contributed by atoms with Gasteiger partial charge in [0.2, 0.25) is 70.9 Å². The van der Waals surface area contributed by atoms with E-state index in [1.54, 1.807) is 52.0 Å². The summed E-state index contributed by atoms with van der Waals surface area (Å²) in [7, 11) is 0. The number of nitrogens with one attached hydrogen (secondary N) is 8. The van der Waals surface area contributed by atoms with Crippen LogP contribution in [-0.4, -0.2) is 138 Å². The van der Waals surface area contributed by atoms with E-state index in [4.69, 9.17) is 22.9 Å². The zero-order valence-electron chi connectivity index (χ0n) is 39.4. The standard InChI is InChI=1S/C44H67N13O12/c1-5-23(4)37-43(68)52-26(12-14-32(46)58)39(64)54-30(19-33(47)59)40(65)53-27(13-15-35(61)49-21-36(62)51-29(41(66)56-37)18-24-8-10-25(45)11-9-24)44(69)57-16-6-7-31(57)42(67)55-28(17-22(2)3)38(63)50-20-34(48)60/h8-11,22-23,26-31,37H,5-7,12-21,45H2,1-4H3,(H2,46,58)(H2,47,59)(H2,48,60)(H,49,61)(H,50,63)(H,51,62)(H,52,68)(H,53,65)(H,54,64)(H,55,67)(H,56,66)/t23-,26-,27-,28-,29-,30-,31-,37-/m0/s1. The maximum absolute atomic E-state index is 14.5. The second kappa shape index (κ2) is 26.9. The molecule has 0 spiro atoms. The van der Waals surface area contributed by atoms with Gasteiger partial charge in [-0.1, -0.05) is 46.2 Å². The fourth-order valence-electron chi connectivity index (χ4n) is 7.64. The zero-order chi connectivity index (χ0) is 51.5. The molecule has 12 amide bonds. The number of carbonyl (C=O) groups excluding carboxylic acids is 12. The first kappa shape index (κ1) is 56.0. The predicted octanol–water partition coefficient (Wildman–Crippen LogP) is -4.54. The number of hydrogen-bond acceptors (Lipinski definition) is 13. The summed E-state index contributed by atoms with van der Waals surface area (Å²) in [5.41, 5.74) is 22.9. The molecule has 2 heterocycles. The summed E-state index contributed by atoms with van der Waals surface area (Å²) in [6, 6.07) is -3.57. The molecule has 1 aromatic carbocycles. The Hall–Kier alpha value is -7.34. The van der Waals surface area contributed by atoms with Gasteiger partial charge >= 0.3 is 0 Å². The van der Waals surface area contributed by atoms with Crippen LogP contribution in [0.1, 0.15) is 91.0 Å². The largest absolute Gasteiger partial charge is 0.399 e. The number of hydrogen-bond donors (Lipinski definition) is 12. The molecule has 8 atom stereocenters. The van der Waals surface area contributed by atoms with E-state index < -0.39 is 164 Å². The number of nitrogen functional groups attached to an aromatic ring is 1. The molecule has 2 aliphatic rings. The number of likely N-dealkylation sites (tertiary alicyclic amines) is 1. The molecule has 0 unspecified atom stereocenters. The number of nitrogens with zero attached hydrogens (tertiary/aromatic N) is 1. The molecule has 2 saturated heterocycles. The second-order valence-corrected chi connectivity index (χ2v) is 17.7. The van der Waals surface area contributed by atoms with Crippen LogP contribution in [0.3, 0.4) is 0 Å². The average molecular weight is 970 g/mol. The normalized spacial score (nSPS) is 23.1. The van der Waals surface area contributed by atoms with Crippen LogP contribution in [0.25, 0.3) is 0 Å². The van der Waals surface area contributed by atoms with Crippen LogP contribution in [0.15, 0.2) is 24.3 Å². The summed E-state index contributed by atoms with van der Waals surface area (Å²) in [5, 5.41) is 20.0. The van der Waals surface area contributed by atoms with Crippen LogP contribution in [0.2, 0.25) is 0 Å². The van der Waals surface area contributed by atoms with Crippen LogP contribution in [0.4, 0.5) is 5.69 Å². The van der Waals surface area contributed by atoms with Crippen molar-refractivity contribution in [2.45, 2.75) is 134 Å². The summed E-state index contributed by atoms with van der Waals surface area (Å²) in [5.74, 6) is -11.3. The Morgan fingerprint density at radius 2 is 1.39 bits per heavy atom. The van der Waals surface area contributed by atoms with Crippen LogP contribution < -0.4 is 65.5 Å². The van der Waals surface area contributed by atoms with E-state index >= 15 is 0 Å². The molecule has 2 fully saturated rings. The second-order valence-electron chi connectivity index (χ2n) is 17.7. The first-order valence-corrected chi connectivity index (χ1v) is 22.8. The number of amides is 12. The Kier molecular flexibility index (Phi) is 21.8. The number of benzene rings is 1. The van der Waals surface area contributed by atoms with Crippen molar-refractivity contribution in [3.63, 3.8) is 0 Å². The van der Waals surface area contributed by atoms with Gasteiger partial charge in [-0.2, -0.15) is 0 Å². The molecule has 0 radical (unpaired) electrons. The Labute approximate surface area is 399 Å². The highest BCUT2D eigenvalue weighted by Crippen LogP contribution is 2.21. The minimum atomic E-state index is -1.81. The summed E-state index contributed by atoms with van der Waals surface area (Å²) in [4.78, 5) is 161. The molecule has 0 aliphatic carbocycles. The van der Waals surface area contributed by atoms with Gasteiger partial charge in [0.25, 0.3) is 0 Å². The number of rotatable bonds is 17. The van der Waals surface area contributed by atoms with Gasteiger partial charge in [-0.3, -0.25) is 57.5 Å². The summed E-state index contributed by atoms with van der Waals surface area (Å²) in [6.45, 7) is 5.82. The van der Waals surface area contributed by atoms with E-state index in [-0.39, 0.29) is 31.7 Å². The lowest BCUT2D eigenvalue weighted by Gasteiger charge is -2.31. The molecule has 0 aromatic heterocycles. The van der Waals surface area contributed by atoms with Crippen molar-refractivity contribution < 1.29 is 57.5 Å². The Balaban J connectivity index is 2.06. The summed E-state index contributed by atoms with van der Waals surface area (Å²) >= 11 is 0. The van der Waals surface area contributed by atoms with Gasteiger partial charge in [-0.05, 0) is 61.6 Å². The molecule has 1 aromatic rings. The Bertz CT molecular complexity index is 2080. The molecule has 25 nitrogen and oxygen atoms in total. The first-order chi connectivity index (χ1) is 32.5. The third-order valence-corrected chi connectivity index (χ3v) is 11.6. The minimum absolute atomic E-state index is 0.0101. The van der Waals surface area contributed by atoms with Crippen LogP contribution >= 0.6 is 0 Å². The molecule has 0 bridgehead atoms. The highest BCUT2D eigenvalue weighted by Gasteiger charge is 2.41. The summed E-state index contributed by atoms with van der Waals surface area (Å²) in [6.07, 6.45) is -1.84. The molecule has 2 aliphatic heterocycles. The van der Waals surface area contributed by atoms with Gasteiger partial charge in [0, 0.05) is 31.5 Å². The van der Waals surface area contributed by atoms with Gasteiger partial charge in [-0.25, -0.2) is 0 Å². The fraction of sp³-hybridized carbons (Fsp3) is 0.591. The van der Waals surface area contributed by atoms with Gasteiger partial charge < -0.3 is 70.4 Å². The predicted molar refractivity (Wildman–Crippen MR) is 246 cm³/mol. The average Bonchev–Trinajstić information content (AvgIpc) is 3.78. The third kappa shape index (κ3) is 18.3. The molecule has 25 heteroatoms. The molecular formula is C44H67N13O12. The molecule has 0 saturated carbocycles. The van der Waals surface area contributed by atoms with E-state index in [1.807, 2.05) is 0 Å². The van der Waals surface area contributed by atoms with Gasteiger partial charge in [0.1, 0.15) is 42.3 Å². The van der Waals surface area contributed by atoms with E-state index in [9.17, 15) is 57.5 Å². The van der Waals surface area contributed by atoms with Crippen LogP contribution in [-0.2, 0) is 64.0 Å². The fourth-order valence-corrected chi connectivity index (χ4v) is 7.64. The van der Waals surface area contributed by atoms with E-state index in [0.717, 1.165) is 4.90 Å². The van der Waals surface area contributed by atoms with Crippen molar-refractivity contribution >= 4 is 76.6 Å². The van der Waals surface area contributed by atoms with Crippen molar-refractivity contribution in [1.82, 2.24) is 47.4 Å². The summed E-state index contributed by atoms with van der Waals surface area (Å²) < 4.78 is 0. The van der Waals surface area contributed by atoms with Crippen molar-refractivity contribution in [2.75, 3.05) is 25.4 Å². The Morgan fingerprint density at radius 1 is 0.754 bits per heavy atom. The van der Waals surface area contributed by atoms with Crippen LogP contribution in [0.5, 0.6) is 0 Å². The van der Waals surface area contributed by atoms with Crippen molar-refractivity contribution in [3.8, 4) is 0 Å². The minimum Gasteiger partial charge on any atom is -0.399 e. The topological polar surface area (TPSA) is 408 Å².